The van der Waals surface area contributed by atoms with Crippen LogP contribution in [0.4, 0.5) is 0 Å². The number of hydrogen-bond donors (Lipinski definition) is 1. The molecule has 146 valence electrons. The first kappa shape index (κ1) is 22.7. The lowest BCUT2D eigenvalue weighted by molar-refractivity contribution is 0.353. The Morgan fingerprint density at radius 3 is 2.52 bits per heavy atom. The molecule has 10 heteroatoms. The van der Waals surface area contributed by atoms with Gasteiger partial charge in [-0.1, -0.05) is 6.08 Å². The summed E-state index contributed by atoms with van der Waals surface area (Å²) in [6.07, 6.45) is 2.35. The van der Waals surface area contributed by atoms with Crippen molar-refractivity contribution in [2.45, 2.75) is 25.0 Å². The summed E-state index contributed by atoms with van der Waals surface area (Å²) >= 11 is 0. The molecule has 25 heavy (non-hydrogen) atoms. The lowest BCUT2D eigenvalue weighted by atomic mass is 10.1. The first-order valence-electron chi connectivity index (χ1n) is 8.13. The summed E-state index contributed by atoms with van der Waals surface area (Å²) in [5.41, 5.74) is 0. The molecular formula is C15H28IN3O4S2. The summed E-state index contributed by atoms with van der Waals surface area (Å²) in [5.74, 6) is 1.18. The zero-order valence-corrected chi connectivity index (χ0v) is 18.7. The smallest absolute Gasteiger partial charge is 0.194 e. The highest BCUT2D eigenvalue weighted by molar-refractivity contribution is 14.0. The molecule has 2 saturated heterocycles. The Hall–Kier alpha value is -0.360. The standard InChI is InChI=1S/C15H27N3O4S2.HI/c1-4-6-16-14(17-10-13-5-8-23(19,20)11-13)18-7-9-24(21,22)15(2,3)12-18;/h4,13H,1,5-12H2,2-3H3,(H,16,17);1H. The highest BCUT2D eigenvalue weighted by Gasteiger charge is 2.41. The maximum Gasteiger partial charge on any atom is 0.194 e. The molecule has 1 unspecified atom stereocenters. The van der Waals surface area contributed by atoms with Gasteiger partial charge in [0.05, 0.1) is 22.0 Å². The summed E-state index contributed by atoms with van der Waals surface area (Å²) in [7, 11) is -6.04. The van der Waals surface area contributed by atoms with E-state index in [0.29, 0.717) is 38.6 Å². The van der Waals surface area contributed by atoms with Crippen molar-refractivity contribution in [1.82, 2.24) is 10.2 Å². The average Bonchev–Trinajstić information content (AvgIpc) is 2.82. The molecule has 2 rings (SSSR count). The minimum Gasteiger partial charge on any atom is -0.353 e. The van der Waals surface area contributed by atoms with Crippen molar-refractivity contribution in [2.24, 2.45) is 10.9 Å². The van der Waals surface area contributed by atoms with Gasteiger partial charge in [0.15, 0.2) is 25.6 Å². The van der Waals surface area contributed by atoms with E-state index in [0.717, 1.165) is 0 Å². The normalized spacial score (nSPS) is 27.4. The SMILES string of the molecule is C=CCNC(=NCC1CCS(=O)(=O)C1)N1CCS(=O)(=O)C(C)(C)C1.I. The first-order valence-corrected chi connectivity index (χ1v) is 11.6. The van der Waals surface area contributed by atoms with Crippen LogP contribution in [0.25, 0.3) is 0 Å². The molecule has 2 fully saturated rings. The van der Waals surface area contributed by atoms with Gasteiger partial charge in [-0.2, -0.15) is 0 Å². The topological polar surface area (TPSA) is 95.9 Å². The molecule has 1 N–H and O–H groups in total. The third-order valence-electron chi connectivity index (χ3n) is 4.57. The second kappa shape index (κ2) is 8.55. The van der Waals surface area contributed by atoms with E-state index >= 15 is 0 Å². The Morgan fingerprint density at radius 1 is 1.32 bits per heavy atom. The van der Waals surface area contributed by atoms with Crippen LogP contribution < -0.4 is 5.32 Å². The summed E-state index contributed by atoms with van der Waals surface area (Å²) in [6.45, 7) is 8.83. The average molecular weight is 505 g/mol. The number of halogens is 1. The Bertz CT molecular complexity index is 717. The summed E-state index contributed by atoms with van der Waals surface area (Å²) in [6, 6.07) is 0. The predicted octanol–water partition coefficient (Wildman–Crippen LogP) is 0.680. The molecule has 0 aromatic rings. The van der Waals surface area contributed by atoms with Crippen molar-refractivity contribution >= 4 is 49.6 Å². The zero-order valence-electron chi connectivity index (χ0n) is 14.8. The minimum atomic E-state index is -3.12. The monoisotopic (exact) mass is 505 g/mol. The number of guanidine groups is 1. The third kappa shape index (κ3) is 5.81. The molecule has 2 heterocycles. The molecule has 0 radical (unpaired) electrons. The summed E-state index contributed by atoms with van der Waals surface area (Å²) in [5, 5.41) is 3.16. The number of aliphatic imine (C=N–C) groups is 1. The van der Waals surface area contributed by atoms with E-state index < -0.39 is 24.4 Å². The number of sulfone groups is 2. The van der Waals surface area contributed by atoms with Crippen LogP contribution in [-0.2, 0) is 19.7 Å². The van der Waals surface area contributed by atoms with Crippen molar-refractivity contribution in [3.05, 3.63) is 12.7 Å². The van der Waals surface area contributed by atoms with Gasteiger partial charge in [-0.15, -0.1) is 30.6 Å². The number of hydrogen-bond acceptors (Lipinski definition) is 5. The van der Waals surface area contributed by atoms with E-state index in [4.69, 9.17) is 0 Å². The van der Waals surface area contributed by atoms with Gasteiger partial charge in [-0.05, 0) is 26.2 Å². The Kier molecular flexibility index (Phi) is 7.76. The molecule has 2 aliphatic heterocycles. The number of nitrogens with one attached hydrogen (secondary N) is 1. The largest absolute Gasteiger partial charge is 0.353 e. The fourth-order valence-corrected chi connectivity index (χ4v) is 6.20. The first-order chi connectivity index (χ1) is 11.1. The minimum absolute atomic E-state index is 0. The van der Waals surface area contributed by atoms with E-state index in [2.05, 4.69) is 16.9 Å². The van der Waals surface area contributed by atoms with Gasteiger partial charge in [0.25, 0.3) is 0 Å². The molecule has 0 aromatic carbocycles. The third-order valence-corrected chi connectivity index (χ3v) is 8.94. The fourth-order valence-electron chi connectivity index (χ4n) is 2.99. The van der Waals surface area contributed by atoms with E-state index in [-0.39, 0.29) is 47.2 Å². The van der Waals surface area contributed by atoms with Gasteiger partial charge in [0.1, 0.15) is 0 Å². The van der Waals surface area contributed by atoms with E-state index in [1.54, 1.807) is 19.9 Å². The molecule has 7 nitrogen and oxygen atoms in total. The molecule has 1 atom stereocenters. The molecule has 0 aromatic heterocycles. The van der Waals surface area contributed by atoms with Gasteiger partial charge in [0.2, 0.25) is 0 Å². The van der Waals surface area contributed by atoms with Crippen molar-refractivity contribution in [1.29, 1.82) is 0 Å². The van der Waals surface area contributed by atoms with Gasteiger partial charge in [-0.25, -0.2) is 16.8 Å². The lowest BCUT2D eigenvalue weighted by Gasteiger charge is -2.39. The Labute approximate surface area is 168 Å². The summed E-state index contributed by atoms with van der Waals surface area (Å²) in [4.78, 5) is 6.51. The van der Waals surface area contributed by atoms with E-state index in [9.17, 15) is 16.8 Å². The van der Waals surface area contributed by atoms with Gasteiger partial charge in [0, 0.05) is 26.2 Å². The molecule has 2 aliphatic rings. The second-order valence-corrected chi connectivity index (χ2v) is 12.1. The second-order valence-electron chi connectivity index (χ2n) is 7.10. The van der Waals surface area contributed by atoms with Gasteiger partial charge >= 0.3 is 0 Å². The van der Waals surface area contributed by atoms with Crippen molar-refractivity contribution in [3.63, 3.8) is 0 Å². The van der Waals surface area contributed by atoms with Crippen molar-refractivity contribution in [2.75, 3.05) is 43.4 Å². The molecule has 0 bridgehead atoms. The Morgan fingerprint density at radius 2 is 2.00 bits per heavy atom. The lowest BCUT2D eigenvalue weighted by Crippen LogP contribution is -2.57. The highest BCUT2D eigenvalue weighted by atomic mass is 127. The van der Waals surface area contributed by atoms with E-state index in [1.807, 2.05) is 4.90 Å². The number of nitrogens with zero attached hydrogens (tertiary/aromatic N) is 2. The van der Waals surface area contributed by atoms with Crippen LogP contribution in [-0.4, -0.2) is 75.9 Å². The van der Waals surface area contributed by atoms with Gasteiger partial charge in [-0.3, -0.25) is 4.99 Å². The Balaban J connectivity index is 0.00000312. The molecule has 0 amide bonds. The molecule has 0 aliphatic carbocycles. The van der Waals surface area contributed by atoms with Crippen molar-refractivity contribution < 1.29 is 16.8 Å². The van der Waals surface area contributed by atoms with Crippen LogP contribution >= 0.6 is 24.0 Å². The van der Waals surface area contributed by atoms with Crippen LogP contribution in [0.5, 0.6) is 0 Å². The number of rotatable bonds is 4. The molecule has 0 spiro atoms. The predicted molar refractivity (Wildman–Crippen MR) is 112 cm³/mol. The van der Waals surface area contributed by atoms with Crippen LogP contribution in [0.1, 0.15) is 20.3 Å². The fraction of sp³-hybridized carbons (Fsp3) is 0.800. The zero-order chi connectivity index (χ0) is 18.0. The van der Waals surface area contributed by atoms with Gasteiger partial charge < -0.3 is 10.2 Å². The van der Waals surface area contributed by atoms with Crippen LogP contribution in [0, 0.1) is 5.92 Å². The maximum absolute atomic E-state index is 12.2. The summed E-state index contributed by atoms with van der Waals surface area (Å²) < 4.78 is 46.6. The van der Waals surface area contributed by atoms with Crippen LogP contribution in [0.3, 0.4) is 0 Å². The van der Waals surface area contributed by atoms with E-state index in [1.165, 1.54) is 0 Å². The van der Waals surface area contributed by atoms with Crippen molar-refractivity contribution in [3.8, 4) is 0 Å². The maximum atomic E-state index is 12.2. The molecule has 0 saturated carbocycles. The highest BCUT2D eigenvalue weighted by Crippen LogP contribution is 2.24. The van der Waals surface area contributed by atoms with Crippen LogP contribution in [0.2, 0.25) is 0 Å². The quantitative estimate of drug-likeness (QED) is 0.261. The van der Waals surface area contributed by atoms with Crippen LogP contribution in [0.15, 0.2) is 17.6 Å². The molecular weight excluding hydrogens is 477 g/mol.